The Morgan fingerprint density at radius 3 is 2.62 bits per heavy atom. The van der Waals surface area contributed by atoms with Crippen LogP contribution in [0.3, 0.4) is 0 Å². The van der Waals surface area contributed by atoms with E-state index < -0.39 is 10.1 Å². The van der Waals surface area contributed by atoms with Crippen molar-refractivity contribution in [2.75, 3.05) is 0 Å². The fourth-order valence-corrected chi connectivity index (χ4v) is 1.69. The minimum atomic E-state index is -3.87. The van der Waals surface area contributed by atoms with Crippen molar-refractivity contribution in [1.82, 2.24) is 0 Å². The molecule has 0 heterocycles. The van der Waals surface area contributed by atoms with Crippen molar-refractivity contribution >= 4 is 15.8 Å². The van der Waals surface area contributed by atoms with Crippen LogP contribution in [0.5, 0.6) is 0 Å². The molecule has 84 valence electrons. The molecule has 0 aliphatic carbocycles. The third kappa shape index (κ3) is 3.37. The van der Waals surface area contributed by atoms with Gasteiger partial charge >= 0.3 is 10.1 Å². The number of oxime groups is 1. The summed E-state index contributed by atoms with van der Waals surface area (Å²) < 4.78 is 27.5. The lowest BCUT2D eigenvalue weighted by molar-refractivity contribution is 0.338. The smallest absolute Gasteiger partial charge is 0.265 e. The summed E-state index contributed by atoms with van der Waals surface area (Å²) >= 11 is 0. The fraction of sp³-hybridized carbons (Fsp3) is 0.200. The van der Waals surface area contributed by atoms with E-state index in [4.69, 9.17) is 5.26 Å². The topological polar surface area (TPSA) is 79.5 Å². The van der Waals surface area contributed by atoms with E-state index in [0.29, 0.717) is 5.71 Å². The first-order valence-corrected chi connectivity index (χ1v) is 5.86. The second-order valence-electron chi connectivity index (χ2n) is 3.00. The summed E-state index contributed by atoms with van der Waals surface area (Å²) in [4.78, 5) is 0.0310. The SMILES string of the molecule is CC(CC#N)=NOS(=O)(=O)c1ccccc1. The van der Waals surface area contributed by atoms with Crippen molar-refractivity contribution in [1.29, 1.82) is 5.26 Å². The van der Waals surface area contributed by atoms with Crippen LogP contribution in [0.1, 0.15) is 13.3 Å². The second kappa shape index (κ2) is 5.28. The molecule has 0 aliphatic rings. The third-order valence-corrected chi connectivity index (χ3v) is 2.78. The van der Waals surface area contributed by atoms with Crippen LogP contribution in [0, 0.1) is 11.3 Å². The number of benzene rings is 1. The minimum Gasteiger partial charge on any atom is -0.265 e. The second-order valence-corrected chi connectivity index (χ2v) is 4.53. The van der Waals surface area contributed by atoms with Crippen molar-refractivity contribution in [3.8, 4) is 6.07 Å². The molecule has 0 saturated heterocycles. The molecule has 1 aromatic rings. The summed E-state index contributed by atoms with van der Waals surface area (Å²) in [7, 11) is -3.87. The predicted molar refractivity (Wildman–Crippen MR) is 58.1 cm³/mol. The lowest BCUT2D eigenvalue weighted by Gasteiger charge is -2.01. The van der Waals surface area contributed by atoms with E-state index >= 15 is 0 Å². The lowest BCUT2D eigenvalue weighted by atomic mass is 10.3. The third-order valence-electron chi connectivity index (χ3n) is 1.66. The molecule has 0 fully saturated rings. The van der Waals surface area contributed by atoms with E-state index in [1.807, 2.05) is 6.07 Å². The van der Waals surface area contributed by atoms with Crippen molar-refractivity contribution < 1.29 is 12.7 Å². The first-order valence-electron chi connectivity index (χ1n) is 4.45. The van der Waals surface area contributed by atoms with Crippen molar-refractivity contribution in [2.24, 2.45) is 5.16 Å². The van der Waals surface area contributed by atoms with Gasteiger partial charge in [0, 0.05) is 0 Å². The molecule has 0 aliphatic heterocycles. The monoisotopic (exact) mass is 238 g/mol. The Bertz CT molecular complexity index is 515. The molecule has 0 bridgehead atoms. The van der Waals surface area contributed by atoms with E-state index in [1.165, 1.54) is 19.1 Å². The zero-order valence-electron chi connectivity index (χ0n) is 8.62. The number of nitriles is 1. The van der Waals surface area contributed by atoms with Crippen LogP contribution in [-0.4, -0.2) is 14.1 Å². The zero-order chi connectivity index (χ0) is 12.0. The van der Waals surface area contributed by atoms with Gasteiger partial charge in [0.1, 0.15) is 4.90 Å². The summed E-state index contributed by atoms with van der Waals surface area (Å²) in [6.07, 6.45) is 0.0321. The van der Waals surface area contributed by atoms with Gasteiger partial charge in [0.25, 0.3) is 0 Å². The Hall–Kier alpha value is -1.87. The molecular formula is C10H10N2O3S. The number of hydrogen-bond acceptors (Lipinski definition) is 5. The van der Waals surface area contributed by atoms with Crippen LogP contribution in [0.25, 0.3) is 0 Å². The molecule has 6 heteroatoms. The fourth-order valence-electron chi connectivity index (χ4n) is 0.890. The van der Waals surface area contributed by atoms with Crippen molar-refractivity contribution in [3.63, 3.8) is 0 Å². The van der Waals surface area contributed by atoms with Gasteiger partial charge in [0.05, 0.1) is 18.2 Å². The largest absolute Gasteiger partial charge is 0.358 e. The maximum atomic E-state index is 11.5. The molecular weight excluding hydrogens is 228 g/mol. The van der Waals surface area contributed by atoms with Crippen molar-refractivity contribution in [2.45, 2.75) is 18.2 Å². The summed E-state index contributed by atoms with van der Waals surface area (Å²) in [5, 5.41) is 11.7. The predicted octanol–water partition coefficient (Wildman–Crippen LogP) is 1.68. The zero-order valence-corrected chi connectivity index (χ0v) is 9.44. The number of rotatable bonds is 4. The molecule has 5 nitrogen and oxygen atoms in total. The Morgan fingerprint density at radius 1 is 1.44 bits per heavy atom. The lowest BCUT2D eigenvalue weighted by Crippen LogP contribution is -2.04. The maximum absolute atomic E-state index is 11.5. The van der Waals surface area contributed by atoms with Gasteiger partial charge in [-0.25, -0.2) is 0 Å². The molecule has 1 rings (SSSR count). The van der Waals surface area contributed by atoms with Gasteiger partial charge < -0.3 is 0 Å². The van der Waals surface area contributed by atoms with Crippen LogP contribution in [-0.2, 0) is 14.4 Å². The van der Waals surface area contributed by atoms with E-state index in [1.54, 1.807) is 18.2 Å². The summed E-state index contributed by atoms with van der Waals surface area (Å²) in [6.45, 7) is 1.52. The molecule has 0 saturated carbocycles. The Morgan fingerprint density at radius 2 is 2.06 bits per heavy atom. The van der Waals surface area contributed by atoms with Gasteiger partial charge in [0.15, 0.2) is 0 Å². The number of nitrogens with zero attached hydrogens (tertiary/aromatic N) is 2. The molecule has 0 amide bonds. The highest BCUT2D eigenvalue weighted by Crippen LogP contribution is 2.11. The molecule has 0 spiro atoms. The van der Waals surface area contributed by atoms with Gasteiger partial charge in [0.2, 0.25) is 0 Å². The quantitative estimate of drug-likeness (QED) is 0.590. The first kappa shape index (κ1) is 12.2. The molecule has 0 unspecified atom stereocenters. The Labute approximate surface area is 94.1 Å². The van der Waals surface area contributed by atoms with E-state index in [9.17, 15) is 8.42 Å². The molecule has 16 heavy (non-hydrogen) atoms. The van der Waals surface area contributed by atoms with Gasteiger partial charge in [-0.05, 0) is 19.1 Å². The first-order chi connectivity index (χ1) is 7.56. The average molecular weight is 238 g/mol. The van der Waals surface area contributed by atoms with Crippen LogP contribution in [0.2, 0.25) is 0 Å². The minimum absolute atomic E-state index is 0.0310. The van der Waals surface area contributed by atoms with Gasteiger partial charge in [-0.15, -0.1) is 0 Å². The summed E-state index contributed by atoms with van der Waals surface area (Å²) in [5.74, 6) is 0. The summed E-state index contributed by atoms with van der Waals surface area (Å²) in [5.41, 5.74) is 0.307. The molecule has 0 aromatic heterocycles. The molecule has 0 radical (unpaired) electrons. The highest BCUT2D eigenvalue weighted by atomic mass is 32.2. The van der Waals surface area contributed by atoms with Crippen LogP contribution >= 0.6 is 0 Å². The Kier molecular flexibility index (Phi) is 4.03. The van der Waals surface area contributed by atoms with Gasteiger partial charge in [-0.3, -0.25) is 4.28 Å². The molecule has 0 N–H and O–H groups in total. The maximum Gasteiger partial charge on any atom is 0.358 e. The van der Waals surface area contributed by atoms with Crippen LogP contribution in [0.4, 0.5) is 0 Å². The van der Waals surface area contributed by atoms with Crippen LogP contribution < -0.4 is 0 Å². The Balaban J connectivity index is 2.83. The van der Waals surface area contributed by atoms with E-state index in [-0.39, 0.29) is 11.3 Å². The van der Waals surface area contributed by atoms with E-state index in [2.05, 4.69) is 9.44 Å². The molecule has 1 aromatic carbocycles. The van der Waals surface area contributed by atoms with Gasteiger partial charge in [-0.1, -0.05) is 23.4 Å². The molecule has 0 atom stereocenters. The van der Waals surface area contributed by atoms with E-state index in [0.717, 1.165) is 0 Å². The summed E-state index contributed by atoms with van der Waals surface area (Å²) in [6, 6.07) is 9.52. The highest BCUT2D eigenvalue weighted by Gasteiger charge is 2.14. The van der Waals surface area contributed by atoms with Gasteiger partial charge in [-0.2, -0.15) is 13.7 Å². The highest BCUT2D eigenvalue weighted by molar-refractivity contribution is 7.86. The van der Waals surface area contributed by atoms with Crippen LogP contribution in [0.15, 0.2) is 40.4 Å². The number of hydrogen-bond donors (Lipinski definition) is 0. The average Bonchev–Trinajstić information content (AvgIpc) is 2.28. The normalized spacial score (nSPS) is 11.9. The standard InChI is InChI=1S/C10H10N2O3S/c1-9(7-8-11)12-15-16(13,14)10-5-3-2-4-6-10/h2-6H,7H2,1H3. The van der Waals surface area contributed by atoms with Crippen molar-refractivity contribution in [3.05, 3.63) is 30.3 Å².